The van der Waals surface area contributed by atoms with E-state index in [0.717, 1.165) is 16.6 Å². The molecule has 2 N–H and O–H groups in total. The zero-order valence-electron chi connectivity index (χ0n) is 11.9. The van der Waals surface area contributed by atoms with Crippen molar-refractivity contribution in [1.29, 1.82) is 0 Å². The first-order valence-electron chi connectivity index (χ1n) is 6.23. The Morgan fingerprint density at radius 3 is 2.33 bits per heavy atom. The Morgan fingerprint density at radius 2 is 1.83 bits per heavy atom. The van der Waals surface area contributed by atoms with E-state index in [1.807, 2.05) is 39.0 Å². The fourth-order valence-electron chi connectivity index (χ4n) is 1.50. The maximum Gasteiger partial charge on any atom is 0.309 e. The molecule has 4 heteroatoms. The van der Waals surface area contributed by atoms with Crippen LogP contribution in [-0.2, 0) is 11.3 Å². The summed E-state index contributed by atoms with van der Waals surface area (Å²) >= 11 is 0. The number of aliphatic hydroxyl groups is 2. The van der Waals surface area contributed by atoms with Crippen molar-refractivity contribution in [3.8, 4) is 0 Å². The lowest BCUT2D eigenvalue weighted by Crippen LogP contribution is -2.49. The van der Waals surface area contributed by atoms with Gasteiger partial charge in [0.2, 0.25) is 0 Å². The van der Waals surface area contributed by atoms with Gasteiger partial charge in [0, 0.05) is 0 Å². The van der Waals surface area contributed by atoms with Gasteiger partial charge in [0.15, 0.2) is 0 Å². The van der Waals surface area contributed by atoms with Gasteiger partial charge >= 0.3 is 7.48 Å². The van der Waals surface area contributed by atoms with Crippen LogP contribution in [0.4, 0.5) is 0 Å². The lowest BCUT2D eigenvalue weighted by molar-refractivity contribution is -0.0893. The van der Waals surface area contributed by atoms with E-state index in [-0.39, 0.29) is 6.61 Å². The van der Waals surface area contributed by atoms with Gasteiger partial charge in [-0.3, -0.25) is 0 Å². The van der Waals surface area contributed by atoms with E-state index in [2.05, 4.69) is 0 Å². The third-order valence-corrected chi connectivity index (χ3v) is 3.79. The smallest absolute Gasteiger partial charge is 0.309 e. The van der Waals surface area contributed by atoms with E-state index in [0.29, 0.717) is 7.48 Å². The third kappa shape index (κ3) is 3.34. The molecule has 0 atom stereocenters. The Labute approximate surface area is 110 Å². The zero-order chi connectivity index (χ0) is 14.0. The summed E-state index contributed by atoms with van der Waals surface area (Å²) in [6.07, 6.45) is 0. The molecule has 0 aromatic heterocycles. The van der Waals surface area contributed by atoms with Crippen LogP contribution >= 0.6 is 0 Å². The standard InChI is InChI=1S/C14H23BO3/c1-10-11(9-16)7-6-8-12(10)15-18-14(4,5)13(2,3)17/h6-8,15-17H,9H2,1-5H3. The van der Waals surface area contributed by atoms with E-state index in [1.165, 1.54) is 0 Å². The molecule has 0 saturated carbocycles. The van der Waals surface area contributed by atoms with Crippen molar-refractivity contribution in [3.05, 3.63) is 29.3 Å². The Bertz CT molecular complexity index is 408. The summed E-state index contributed by atoms with van der Waals surface area (Å²) in [6, 6.07) is 5.79. The highest BCUT2D eigenvalue weighted by Gasteiger charge is 2.35. The number of benzene rings is 1. The van der Waals surface area contributed by atoms with Crippen LogP contribution in [0, 0.1) is 6.92 Å². The summed E-state index contributed by atoms with van der Waals surface area (Å²) in [6.45, 7) is 9.24. The second kappa shape index (κ2) is 5.43. The second-order valence-electron chi connectivity index (χ2n) is 5.72. The molecule has 100 valence electrons. The summed E-state index contributed by atoms with van der Waals surface area (Å²) in [5, 5.41) is 19.2. The first-order chi connectivity index (χ1) is 8.19. The van der Waals surface area contributed by atoms with E-state index in [1.54, 1.807) is 13.8 Å². The highest BCUT2D eigenvalue weighted by Crippen LogP contribution is 2.24. The van der Waals surface area contributed by atoms with E-state index >= 15 is 0 Å². The van der Waals surface area contributed by atoms with Gasteiger partial charge in [0.25, 0.3) is 0 Å². The molecular weight excluding hydrogens is 227 g/mol. The van der Waals surface area contributed by atoms with Crippen LogP contribution in [0.5, 0.6) is 0 Å². The summed E-state index contributed by atoms with van der Waals surface area (Å²) < 4.78 is 5.83. The average Bonchev–Trinajstić information content (AvgIpc) is 2.26. The quantitative estimate of drug-likeness (QED) is 0.767. The molecule has 0 fully saturated rings. The molecule has 0 bridgehead atoms. The van der Waals surface area contributed by atoms with E-state index in [4.69, 9.17) is 4.65 Å². The molecule has 18 heavy (non-hydrogen) atoms. The summed E-state index contributed by atoms with van der Waals surface area (Å²) in [5.74, 6) is 0. The SMILES string of the molecule is Cc1c(BOC(C)(C)C(C)(C)O)cccc1CO. The highest BCUT2D eigenvalue weighted by atomic mass is 16.5. The van der Waals surface area contributed by atoms with Crippen LogP contribution in [0.2, 0.25) is 0 Å². The van der Waals surface area contributed by atoms with Crippen molar-refractivity contribution in [2.75, 3.05) is 0 Å². The molecule has 0 aliphatic rings. The predicted octanol–water partition coefficient (Wildman–Crippen LogP) is 1.03. The van der Waals surface area contributed by atoms with Gasteiger partial charge < -0.3 is 14.9 Å². The van der Waals surface area contributed by atoms with Gasteiger partial charge in [-0.25, -0.2) is 0 Å². The first-order valence-corrected chi connectivity index (χ1v) is 6.23. The molecule has 1 aromatic rings. The minimum Gasteiger partial charge on any atom is -0.427 e. The van der Waals surface area contributed by atoms with Gasteiger partial charge in [0.05, 0.1) is 17.8 Å². The van der Waals surface area contributed by atoms with Crippen molar-refractivity contribution in [2.24, 2.45) is 0 Å². The Balaban J connectivity index is 2.82. The number of rotatable bonds is 5. The highest BCUT2D eigenvalue weighted by molar-refractivity contribution is 6.47. The van der Waals surface area contributed by atoms with Crippen LogP contribution in [0.15, 0.2) is 18.2 Å². The van der Waals surface area contributed by atoms with Crippen molar-refractivity contribution in [2.45, 2.75) is 52.4 Å². The molecule has 0 amide bonds. The van der Waals surface area contributed by atoms with Crippen LogP contribution in [0.3, 0.4) is 0 Å². The normalized spacial score (nSPS) is 12.6. The van der Waals surface area contributed by atoms with Gasteiger partial charge in [-0.05, 0) is 51.2 Å². The maximum atomic E-state index is 10.0. The van der Waals surface area contributed by atoms with Crippen molar-refractivity contribution in [3.63, 3.8) is 0 Å². The topological polar surface area (TPSA) is 49.7 Å². The third-order valence-electron chi connectivity index (χ3n) is 3.79. The Hall–Kier alpha value is -0.835. The molecule has 0 aliphatic heterocycles. The lowest BCUT2D eigenvalue weighted by atomic mass is 9.79. The fourth-order valence-corrected chi connectivity index (χ4v) is 1.50. The molecule has 1 rings (SSSR count). The molecule has 0 saturated heterocycles. The number of hydrogen-bond acceptors (Lipinski definition) is 3. The molecular formula is C14H23BO3. The zero-order valence-corrected chi connectivity index (χ0v) is 11.9. The van der Waals surface area contributed by atoms with Crippen molar-refractivity contribution < 1.29 is 14.9 Å². The van der Waals surface area contributed by atoms with Gasteiger partial charge in [-0.2, -0.15) is 0 Å². The van der Waals surface area contributed by atoms with Crippen LogP contribution < -0.4 is 5.46 Å². The summed E-state index contributed by atoms with van der Waals surface area (Å²) in [4.78, 5) is 0. The monoisotopic (exact) mass is 250 g/mol. The summed E-state index contributed by atoms with van der Waals surface area (Å²) in [7, 11) is 0.427. The first kappa shape index (κ1) is 15.2. The summed E-state index contributed by atoms with van der Waals surface area (Å²) in [5.41, 5.74) is 1.46. The fraction of sp³-hybridized carbons (Fsp3) is 0.571. The predicted molar refractivity (Wildman–Crippen MR) is 75.3 cm³/mol. The van der Waals surface area contributed by atoms with Crippen molar-refractivity contribution in [1.82, 2.24) is 0 Å². The largest absolute Gasteiger partial charge is 0.427 e. The van der Waals surface area contributed by atoms with Gasteiger partial charge in [-0.15, -0.1) is 0 Å². The second-order valence-corrected chi connectivity index (χ2v) is 5.72. The van der Waals surface area contributed by atoms with Crippen LogP contribution in [0.1, 0.15) is 38.8 Å². The molecule has 0 radical (unpaired) electrons. The molecule has 0 aliphatic carbocycles. The minimum absolute atomic E-state index is 0.0363. The van der Waals surface area contributed by atoms with Gasteiger partial charge in [0.1, 0.15) is 0 Å². The molecule has 1 aromatic carbocycles. The molecule has 3 nitrogen and oxygen atoms in total. The maximum absolute atomic E-state index is 10.0. The number of hydrogen-bond donors (Lipinski definition) is 2. The van der Waals surface area contributed by atoms with Crippen molar-refractivity contribution >= 4 is 12.9 Å². The molecule has 0 unspecified atom stereocenters. The van der Waals surface area contributed by atoms with E-state index < -0.39 is 11.2 Å². The number of aliphatic hydroxyl groups excluding tert-OH is 1. The van der Waals surface area contributed by atoms with Crippen LogP contribution in [0.25, 0.3) is 0 Å². The van der Waals surface area contributed by atoms with Gasteiger partial charge in [-0.1, -0.05) is 18.2 Å². The Morgan fingerprint density at radius 1 is 1.22 bits per heavy atom. The lowest BCUT2D eigenvalue weighted by Gasteiger charge is -2.37. The van der Waals surface area contributed by atoms with Crippen LogP contribution in [-0.4, -0.2) is 28.9 Å². The average molecular weight is 250 g/mol. The molecule has 0 spiro atoms. The minimum atomic E-state index is -0.907. The molecule has 0 heterocycles. The van der Waals surface area contributed by atoms with E-state index in [9.17, 15) is 10.2 Å². The Kier molecular flexibility index (Phi) is 4.59.